The van der Waals surface area contributed by atoms with Crippen molar-refractivity contribution in [1.82, 2.24) is 5.32 Å². The van der Waals surface area contributed by atoms with Crippen LogP contribution in [0.15, 0.2) is 17.5 Å². The van der Waals surface area contributed by atoms with Crippen LogP contribution >= 0.6 is 11.3 Å². The number of nitrogens with zero attached hydrogens (tertiary/aromatic N) is 1. The SMILES string of the molecule is CC1CCC(C#N)(NC(=O)Cc2cccs2)CC1. The minimum Gasteiger partial charge on any atom is -0.338 e. The summed E-state index contributed by atoms with van der Waals surface area (Å²) in [5, 5.41) is 14.3. The van der Waals surface area contributed by atoms with Gasteiger partial charge in [0.25, 0.3) is 0 Å². The van der Waals surface area contributed by atoms with Crippen LogP contribution in [0.25, 0.3) is 0 Å². The Morgan fingerprint density at radius 2 is 2.33 bits per heavy atom. The molecule has 0 radical (unpaired) electrons. The Morgan fingerprint density at radius 1 is 1.61 bits per heavy atom. The van der Waals surface area contributed by atoms with E-state index in [0.717, 1.165) is 30.6 Å². The lowest BCUT2D eigenvalue weighted by molar-refractivity contribution is -0.122. The monoisotopic (exact) mass is 262 g/mol. The van der Waals surface area contributed by atoms with Crippen LogP contribution in [0, 0.1) is 17.2 Å². The molecule has 1 aliphatic carbocycles. The van der Waals surface area contributed by atoms with Crippen LogP contribution in [0.5, 0.6) is 0 Å². The fourth-order valence-electron chi connectivity index (χ4n) is 2.40. The number of amides is 1. The van der Waals surface area contributed by atoms with Gasteiger partial charge in [-0.25, -0.2) is 0 Å². The summed E-state index contributed by atoms with van der Waals surface area (Å²) in [5.41, 5.74) is -0.624. The van der Waals surface area contributed by atoms with Gasteiger partial charge < -0.3 is 5.32 Å². The zero-order valence-corrected chi connectivity index (χ0v) is 11.4. The van der Waals surface area contributed by atoms with Crippen molar-refractivity contribution in [3.05, 3.63) is 22.4 Å². The van der Waals surface area contributed by atoms with E-state index in [9.17, 15) is 10.1 Å². The maximum atomic E-state index is 12.0. The lowest BCUT2D eigenvalue weighted by Gasteiger charge is -2.34. The molecule has 0 aliphatic heterocycles. The minimum atomic E-state index is -0.624. The van der Waals surface area contributed by atoms with Gasteiger partial charge in [-0.15, -0.1) is 11.3 Å². The summed E-state index contributed by atoms with van der Waals surface area (Å²) in [6, 6.07) is 6.21. The van der Waals surface area contributed by atoms with Gasteiger partial charge in [0.1, 0.15) is 5.54 Å². The van der Waals surface area contributed by atoms with E-state index >= 15 is 0 Å². The van der Waals surface area contributed by atoms with E-state index in [0.29, 0.717) is 12.3 Å². The Hall–Kier alpha value is -1.34. The van der Waals surface area contributed by atoms with Crippen LogP contribution in [0.1, 0.15) is 37.5 Å². The van der Waals surface area contributed by atoms with Crippen molar-refractivity contribution in [1.29, 1.82) is 5.26 Å². The second-order valence-corrected chi connectivity index (χ2v) is 6.21. The van der Waals surface area contributed by atoms with Gasteiger partial charge in [0, 0.05) is 4.88 Å². The van der Waals surface area contributed by atoms with Crippen LogP contribution in [-0.4, -0.2) is 11.4 Å². The van der Waals surface area contributed by atoms with E-state index in [1.807, 2.05) is 17.5 Å². The Labute approximate surface area is 112 Å². The third-order valence-electron chi connectivity index (χ3n) is 3.64. The predicted molar refractivity (Wildman–Crippen MR) is 72.1 cm³/mol. The van der Waals surface area contributed by atoms with Crippen LogP contribution < -0.4 is 5.32 Å². The Bertz CT molecular complexity index is 439. The number of hydrogen-bond acceptors (Lipinski definition) is 3. The van der Waals surface area contributed by atoms with Crippen LogP contribution in [0.4, 0.5) is 0 Å². The van der Waals surface area contributed by atoms with Gasteiger partial charge >= 0.3 is 0 Å². The molecule has 3 nitrogen and oxygen atoms in total. The second kappa shape index (κ2) is 5.53. The van der Waals surface area contributed by atoms with Crippen molar-refractivity contribution in [2.45, 2.75) is 44.6 Å². The summed E-state index contributed by atoms with van der Waals surface area (Å²) >= 11 is 1.58. The zero-order valence-electron chi connectivity index (χ0n) is 10.6. The first-order chi connectivity index (χ1) is 8.63. The molecule has 18 heavy (non-hydrogen) atoms. The predicted octanol–water partition coefficient (Wildman–Crippen LogP) is 2.88. The number of thiophene rings is 1. The number of rotatable bonds is 3. The zero-order chi connectivity index (χ0) is 13.0. The lowest BCUT2D eigenvalue weighted by atomic mass is 9.78. The summed E-state index contributed by atoms with van der Waals surface area (Å²) in [7, 11) is 0. The molecule has 96 valence electrons. The van der Waals surface area contributed by atoms with Gasteiger partial charge in [-0.1, -0.05) is 13.0 Å². The highest BCUT2D eigenvalue weighted by molar-refractivity contribution is 7.10. The molecule has 1 aromatic rings. The number of carbonyl (C=O) groups is 1. The van der Waals surface area contributed by atoms with Crippen molar-refractivity contribution < 1.29 is 4.79 Å². The van der Waals surface area contributed by atoms with Gasteiger partial charge in [-0.05, 0) is 43.0 Å². The molecule has 0 atom stereocenters. The van der Waals surface area contributed by atoms with E-state index in [4.69, 9.17) is 0 Å². The van der Waals surface area contributed by atoms with Crippen LogP contribution in [-0.2, 0) is 11.2 Å². The fraction of sp³-hybridized carbons (Fsp3) is 0.571. The Kier molecular flexibility index (Phi) is 4.03. The van der Waals surface area contributed by atoms with Crippen molar-refractivity contribution in [2.24, 2.45) is 5.92 Å². The third-order valence-corrected chi connectivity index (χ3v) is 4.51. The fourth-order valence-corrected chi connectivity index (χ4v) is 3.11. The maximum absolute atomic E-state index is 12.0. The van der Waals surface area contributed by atoms with Crippen molar-refractivity contribution in [3.63, 3.8) is 0 Å². The number of nitriles is 1. The first kappa shape index (κ1) is 13.1. The first-order valence-corrected chi connectivity index (χ1v) is 7.26. The second-order valence-electron chi connectivity index (χ2n) is 5.18. The summed E-state index contributed by atoms with van der Waals surface area (Å²) in [6.07, 6.45) is 3.98. The molecule has 1 N–H and O–H groups in total. The van der Waals surface area contributed by atoms with E-state index in [1.165, 1.54) is 0 Å². The van der Waals surface area contributed by atoms with Gasteiger partial charge in [0.05, 0.1) is 12.5 Å². The molecule has 0 unspecified atom stereocenters. The van der Waals surface area contributed by atoms with Gasteiger partial charge in [0.2, 0.25) is 5.91 Å². The standard InChI is InChI=1S/C14H18N2OS/c1-11-4-6-14(10-15,7-5-11)16-13(17)9-12-3-2-8-18-12/h2-3,8,11H,4-7,9H2,1H3,(H,16,17). The molecule has 0 bridgehead atoms. The molecule has 1 heterocycles. The van der Waals surface area contributed by atoms with Crippen molar-refractivity contribution >= 4 is 17.2 Å². The molecule has 4 heteroatoms. The molecule has 1 aromatic heterocycles. The number of nitrogens with one attached hydrogen (secondary N) is 1. The smallest absolute Gasteiger partial charge is 0.226 e. The van der Waals surface area contributed by atoms with E-state index in [1.54, 1.807) is 11.3 Å². The molecule has 1 fully saturated rings. The highest BCUT2D eigenvalue weighted by atomic mass is 32.1. The molecular formula is C14H18N2OS. The Morgan fingerprint density at radius 3 is 2.89 bits per heavy atom. The molecular weight excluding hydrogens is 244 g/mol. The summed E-state index contributed by atoms with van der Waals surface area (Å²) in [6.45, 7) is 2.20. The molecule has 1 aliphatic rings. The summed E-state index contributed by atoms with van der Waals surface area (Å²) in [5.74, 6) is 0.634. The summed E-state index contributed by atoms with van der Waals surface area (Å²) < 4.78 is 0. The quantitative estimate of drug-likeness (QED) is 0.910. The van der Waals surface area contributed by atoms with E-state index in [-0.39, 0.29) is 5.91 Å². The van der Waals surface area contributed by atoms with Gasteiger partial charge in [-0.3, -0.25) is 4.79 Å². The van der Waals surface area contributed by atoms with Crippen LogP contribution in [0.2, 0.25) is 0 Å². The number of carbonyl (C=O) groups excluding carboxylic acids is 1. The topological polar surface area (TPSA) is 52.9 Å². The average molecular weight is 262 g/mol. The molecule has 0 aromatic carbocycles. The average Bonchev–Trinajstić information content (AvgIpc) is 2.85. The summed E-state index contributed by atoms with van der Waals surface area (Å²) in [4.78, 5) is 13.0. The largest absolute Gasteiger partial charge is 0.338 e. The molecule has 0 saturated heterocycles. The maximum Gasteiger partial charge on any atom is 0.226 e. The molecule has 2 rings (SSSR count). The van der Waals surface area contributed by atoms with Gasteiger partial charge in [0.15, 0.2) is 0 Å². The highest BCUT2D eigenvalue weighted by Gasteiger charge is 2.35. The van der Waals surface area contributed by atoms with E-state index in [2.05, 4.69) is 18.3 Å². The molecule has 1 saturated carbocycles. The third kappa shape index (κ3) is 3.11. The molecule has 1 amide bonds. The minimum absolute atomic E-state index is 0.0337. The highest BCUT2D eigenvalue weighted by Crippen LogP contribution is 2.31. The molecule has 0 spiro atoms. The van der Waals surface area contributed by atoms with Crippen molar-refractivity contribution in [3.8, 4) is 6.07 Å². The van der Waals surface area contributed by atoms with Crippen molar-refractivity contribution in [2.75, 3.05) is 0 Å². The number of hydrogen-bond donors (Lipinski definition) is 1. The van der Waals surface area contributed by atoms with Gasteiger partial charge in [-0.2, -0.15) is 5.26 Å². The lowest BCUT2D eigenvalue weighted by Crippen LogP contribution is -2.49. The normalized spacial score (nSPS) is 27.4. The van der Waals surface area contributed by atoms with Crippen LogP contribution in [0.3, 0.4) is 0 Å². The Balaban J connectivity index is 1.94. The van der Waals surface area contributed by atoms with E-state index < -0.39 is 5.54 Å². The first-order valence-electron chi connectivity index (χ1n) is 6.38.